The number of benzene rings is 2. The highest BCUT2D eigenvalue weighted by molar-refractivity contribution is 9.10. The van der Waals surface area contributed by atoms with Crippen LogP contribution in [0.25, 0.3) is 22.5 Å². The van der Waals surface area contributed by atoms with Gasteiger partial charge in [-0.25, -0.2) is 0 Å². The molecule has 4 heteroatoms. The third kappa shape index (κ3) is 2.72. The van der Waals surface area contributed by atoms with Crippen LogP contribution in [0.1, 0.15) is 0 Å². The maximum Gasteiger partial charge on any atom is 0.0929 e. The smallest absolute Gasteiger partial charge is 0.0929 e. The zero-order valence-corrected chi connectivity index (χ0v) is 14.0. The molecule has 3 rings (SSSR count). The normalized spacial score (nSPS) is 10.8. The molecule has 0 spiro atoms. The third-order valence-electron chi connectivity index (χ3n) is 3.16. The Hall–Kier alpha value is -1.39. The van der Waals surface area contributed by atoms with Crippen LogP contribution < -0.4 is 0 Å². The Morgan fingerprint density at radius 3 is 1.85 bits per heavy atom. The lowest BCUT2D eigenvalue weighted by Crippen LogP contribution is -1.93. The van der Waals surface area contributed by atoms with Crippen LogP contribution in [-0.4, -0.2) is 9.78 Å². The first-order valence-electron chi connectivity index (χ1n) is 6.19. The minimum atomic E-state index is 0.984. The van der Waals surface area contributed by atoms with Crippen LogP contribution in [0.4, 0.5) is 0 Å². The molecule has 1 aromatic heterocycles. The van der Waals surface area contributed by atoms with Gasteiger partial charge >= 0.3 is 0 Å². The second-order valence-corrected chi connectivity index (χ2v) is 6.38. The first-order valence-corrected chi connectivity index (χ1v) is 7.78. The van der Waals surface area contributed by atoms with Crippen LogP contribution in [0.3, 0.4) is 0 Å². The van der Waals surface area contributed by atoms with E-state index >= 15 is 0 Å². The maximum atomic E-state index is 4.60. The van der Waals surface area contributed by atoms with Crippen LogP contribution in [0.15, 0.2) is 63.5 Å². The Bertz CT molecular complexity index is 728. The summed E-state index contributed by atoms with van der Waals surface area (Å²) in [6, 6.07) is 18.6. The molecule has 0 fully saturated rings. The van der Waals surface area contributed by atoms with Crippen molar-refractivity contribution in [3.8, 4) is 22.5 Å². The summed E-state index contributed by atoms with van der Waals surface area (Å²) in [6.45, 7) is 0. The van der Waals surface area contributed by atoms with Crippen molar-refractivity contribution in [2.24, 2.45) is 7.05 Å². The van der Waals surface area contributed by atoms with Crippen molar-refractivity contribution >= 4 is 31.9 Å². The molecule has 0 aliphatic carbocycles. The molecule has 0 saturated heterocycles. The second-order valence-electron chi connectivity index (χ2n) is 4.55. The largest absolute Gasteiger partial charge is 0.267 e. The first-order chi connectivity index (χ1) is 9.63. The topological polar surface area (TPSA) is 17.8 Å². The summed E-state index contributed by atoms with van der Waals surface area (Å²) in [5, 5.41) is 4.60. The van der Waals surface area contributed by atoms with Crippen molar-refractivity contribution in [3.63, 3.8) is 0 Å². The van der Waals surface area contributed by atoms with Gasteiger partial charge in [0, 0.05) is 21.6 Å². The summed E-state index contributed by atoms with van der Waals surface area (Å²) < 4.78 is 4.07. The van der Waals surface area contributed by atoms with E-state index in [1.807, 2.05) is 36.0 Å². The molecular formula is C16H12Br2N2. The Labute approximate surface area is 134 Å². The molecule has 0 saturated carbocycles. The first kappa shape index (κ1) is 13.6. The van der Waals surface area contributed by atoms with Gasteiger partial charge in [-0.2, -0.15) is 5.10 Å². The van der Waals surface area contributed by atoms with Gasteiger partial charge in [-0.1, -0.05) is 56.1 Å². The zero-order chi connectivity index (χ0) is 14.1. The van der Waals surface area contributed by atoms with E-state index in [0.29, 0.717) is 0 Å². The van der Waals surface area contributed by atoms with E-state index in [0.717, 1.165) is 31.5 Å². The van der Waals surface area contributed by atoms with Gasteiger partial charge in [-0.15, -0.1) is 0 Å². The van der Waals surface area contributed by atoms with Crippen molar-refractivity contribution in [2.45, 2.75) is 0 Å². The van der Waals surface area contributed by atoms with Gasteiger partial charge in [0.05, 0.1) is 11.4 Å². The third-order valence-corrected chi connectivity index (χ3v) is 4.22. The summed E-state index contributed by atoms with van der Waals surface area (Å²) in [7, 11) is 1.97. The highest BCUT2D eigenvalue weighted by atomic mass is 79.9. The SMILES string of the molecule is Cn1nc(-c2ccc(Br)cc2)cc1-c1ccc(Br)cc1. The van der Waals surface area contributed by atoms with Gasteiger partial charge in [0.15, 0.2) is 0 Å². The predicted molar refractivity (Wildman–Crippen MR) is 89.5 cm³/mol. The average molecular weight is 392 g/mol. The van der Waals surface area contributed by atoms with Crippen LogP contribution in [0, 0.1) is 0 Å². The van der Waals surface area contributed by atoms with E-state index in [9.17, 15) is 0 Å². The lowest BCUT2D eigenvalue weighted by molar-refractivity contribution is 0.779. The van der Waals surface area contributed by atoms with E-state index in [-0.39, 0.29) is 0 Å². The predicted octanol–water partition coefficient (Wildman–Crippen LogP) is 5.28. The summed E-state index contributed by atoms with van der Waals surface area (Å²) in [4.78, 5) is 0. The van der Waals surface area contributed by atoms with Gasteiger partial charge in [-0.05, 0) is 35.9 Å². The van der Waals surface area contributed by atoms with Gasteiger partial charge in [0.25, 0.3) is 0 Å². The van der Waals surface area contributed by atoms with E-state index in [1.54, 1.807) is 0 Å². The van der Waals surface area contributed by atoms with Crippen molar-refractivity contribution in [2.75, 3.05) is 0 Å². The molecule has 1 heterocycles. The molecule has 0 aliphatic rings. The van der Waals surface area contributed by atoms with Gasteiger partial charge < -0.3 is 0 Å². The van der Waals surface area contributed by atoms with Crippen molar-refractivity contribution in [3.05, 3.63) is 63.5 Å². The highest BCUT2D eigenvalue weighted by Crippen LogP contribution is 2.27. The zero-order valence-electron chi connectivity index (χ0n) is 10.8. The van der Waals surface area contributed by atoms with E-state index in [2.05, 4.69) is 67.3 Å². The second kappa shape index (κ2) is 5.54. The fourth-order valence-corrected chi connectivity index (χ4v) is 2.65. The minimum absolute atomic E-state index is 0.984. The summed E-state index contributed by atoms with van der Waals surface area (Å²) in [5.74, 6) is 0. The molecular weight excluding hydrogens is 380 g/mol. The van der Waals surface area contributed by atoms with Crippen LogP contribution in [0.5, 0.6) is 0 Å². The highest BCUT2D eigenvalue weighted by Gasteiger charge is 2.09. The van der Waals surface area contributed by atoms with E-state index in [4.69, 9.17) is 0 Å². The molecule has 0 bridgehead atoms. The summed E-state index contributed by atoms with van der Waals surface area (Å²) in [6.07, 6.45) is 0. The Morgan fingerprint density at radius 2 is 1.30 bits per heavy atom. The molecule has 0 amide bonds. The Morgan fingerprint density at radius 1 is 0.800 bits per heavy atom. The molecule has 0 N–H and O–H groups in total. The summed E-state index contributed by atoms with van der Waals surface area (Å²) >= 11 is 6.91. The lowest BCUT2D eigenvalue weighted by atomic mass is 10.1. The number of aryl methyl sites for hydroxylation is 1. The van der Waals surface area contributed by atoms with E-state index < -0.39 is 0 Å². The molecule has 20 heavy (non-hydrogen) atoms. The van der Waals surface area contributed by atoms with E-state index in [1.165, 1.54) is 0 Å². The summed E-state index contributed by atoms with van der Waals surface area (Å²) in [5.41, 5.74) is 4.37. The van der Waals surface area contributed by atoms with Gasteiger partial charge in [0.2, 0.25) is 0 Å². The maximum absolute atomic E-state index is 4.60. The number of aromatic nitrogens is 2. The quantitative estimate of drug-likeness (QED) is 0.581. The van der Waals surface area contributed by atoms with Crippen LogP contribution >= 0.6 is 31.9 Å². The van der Waals surface area contributed by atoms with Crippen LogP contribution in [-0.2, 0) is 7.05 Å². The fraction of sp³-hybridized carbons (Fsp3) is 0.0625. The van der Waals surface area contributed by atoms with Gasteiger partial charge in [0.1, 0.15) is 0 Å². The number of nitrogens with zero attached hydrogens (tertiary/aromatic N) is 2. The van der Waals surface area contributed by atoms with Gasteiger partial charge in [-0.3, -0.25) is 4.68 Å². The molecule has 2 nitrogen and oxygen atoms in total. The monoisotopic (exact) mass is 390 g/mol. The molecule has 0 atom stereocenters. The van der Waals surface area contributed by atoms with Crippen molar-refractivity contribution in [1.82, 2.24) is 9.78 Å². The van der Waals surface area contributed by atoms with Crippen LogP contribution in [0.2, 0.25) is 0 Å². The molecule has 0 aliphatic heterocycles. The number of hydrogen-bond acceptors (Lipinski definition) is 1. The average Bonchev–Trinajstić information content (AvgIpc) is 2.82. The standard InChI is InChI=1S/C16H12Br2N2/c1-20-16(12-4-8-14(18)9-5-12)10-15(19-20)11-2-6-13(17)7-3-11/h2-10H,1H3. The minimum Gasteiger partial charge on any atom is -0.267 e. The molecule has 3 aromatic rings. The molecule has 100 valence electrons. The lowest BCUT2D eigenvalue weighted by Gasteiger charge is -2.01. The molecule has 2 aromatic carbocycles. The Balaban J connectivity index is 2.02. The number of rotatable bonds is 2. The number of halogens is 2. The molecule has 0 unspecified atom stereocenters. The number of hydrogen-bond donors (Lipinski definition) is 0. The van der Waals surface area contributed by atoms with Crippen molar-refractivity contribution in [1.29, 1.82) is 0 Å². The molecule has 0 radical (unpaired) electrons. The fourth-order valence-electron chi connectivity index (χ4n) is 2.12. The Kier molecular flexibility index (Phi) is 3.76. The van der Waals surface area contributed by atoms with Crippen molar-refractivity contribution < 1.29 is 0 Å².